The molecular formula is C14H11N7. The van der Waals surface area contributed by atoms with Gasteiger partial charge in [-0.1, -0.05) is 18.2 Å². The highest BCUT2D eigenvalue weighted by atomic mass is 15.4. The fraction of sp³-hybridized carbons (Fsp3) is 0. The van der Waals surface area contributed by atoms with E-state index < -0.39 is 0 Å². The number of anilines is 1. The molecule has 0 aliphatic rings. The number of benzene rings is 1. The number of nitrogen functional groups attached to an aromatic ring is 1. The number of nitrogens with zero attached hydrogens (tertiary/aromatic N) is 6. The van der Waals surface area contributed by atoms with E-state index in [1.54, 1.807) is 12.4 Å². The summed E-state index contributed by atoms with van der Waals surface area (Å²) in [6.45, 7) is 0. The van der Waals surface area contributed by atoms with E-state index in [4.69, 9.17) is 5.73 Å². The van der Waals surface area contributed by atoms with Crippen LogP contribution in [0.5, 0.6) is 0 Å². The topological polar surface area (TPSA) is 87.4 Å². The van der Waals surface area contributed by atoms with Crippen molar-refractivity contribution in [1.29, 1.82) is 0 Å². The molecule has 21 heavy (non-hydrogen) atoms. The molecule has 2 N–H and O–H groups in total. The van der Waals surface area contributed by atoms with Crippen LogP contribution >= 0.6 is 0 Å². The third kappa shape index (κ3) is 1.75. The molecule has 7 nitrogen and oxygen atoms in total. The third-order valence-corrected chi connectivity index (χ3v) is 3.22. The average Bonchev–Trinajstić information content (AvgIpc) is 3.11. The predicted molar refractivity (Wildman–Crippen MR) is 78.2 cm³/mol. The average molecular weight is 277 g/mol. The van der Waals surface area contributed by atoms with Gasteiger partial charge in [-0.05, 0) is 18.2 Å². The molecule has 0 amide bonds. The molecule has 7 heteroatoms. The molecule has 0 fully saturated rings. The van der Waals surface area contributed by atoms with Gasteiger partial charge in [-0.15, -0.1) is 0 Å². The van der Waals surface area contributed by atoms with Gasteiger partial charge in [0.25, 0.3) is 0 Å². The summed E-state index contributed by atoms with van der Waals surface area (Å²) in [5, 5.41) is 4.14. The van der Waals surface area contributed by atoms with E-state index in [0.29, 0.717) is 5.95 Å². The molecule has 0 unspecified atom stereocenters. The highest BCUT2D eigenvalue weighted by Gasteiger charge is 2.16. The fourth-order valence-electron chi connectivity index (χ4n) is 2.30. The van der Waals surface area contributed by atoms with E-state index in [1.165, 1.54) is 11.0 Å². The Labute approximate surface area is 119 Å². The SMILES string of the molecule is Nc1ncnn1-c1nc2cnccc2n1-c1ccccc1. The van der Waals surface area contributed by atoms with Crippen LogP contribution in [0, 0.1) is 0 Å². The van der Waals surface area contributed by atoms with Crippen LogP contribution in [0.15, 0.2) is 55.1 Å². The number of imidazole rings is 1. The third-order valence-electron chi connectivity index (χ3n) is 3.22. The first-order chi connectivity index (χ1) is 10.3. The minimum absolute atomic E-state index is 0.287. The minimum atomic E-state index is 0.287. The Hall–Kier alpha value is -3.22. The number of hydrogen-bond donors (Lipinski definition) is 1. The van der Waals surface area contributed by atoms with Crippen molar-refractivity contribution >= 4 is 17.0 Å². The lowest BCUT2D eigenvalue weighted by Crippen LogP contribution is -2.09. The number of pyridine rings is 1. The van der Waals surface area contributed by atoms with Gasteiger partial charge < -0.3 is 5.73 Å². The monoisotopic (exact) mass is 277 g/mol. The Balaban J connectivity index is 2.09. The van der Waals surface area contributed by atoms with Gasteiger partial charge in [-0.25, -0.2) is 4.98 Å². The first kappa shape index (κ1) is 11.6. The number of hydrogen-bond acceptors (Lipinski definition) is 5. The molecule has 0 saturated carbocycles. The maximum atomic E-state index is 5.86. The van der Waals surface area contributed by atoms with Gasteiger partial charge in [0, 0.05) is 11.9 Å². The molecule has 0 bridgehead atoms. The molecule has 3 aromatic heterocycles. The smallest absolute Gasteiger partial charge is 0.239 e. The van der Waals surface area contributed by atoms with Crippen LogP contribution in [-0.4, -0.2) is 29.3 Å². The van der Waals surface area contributed by atoms with Gasteiger partial charge >= 0.3 is 0 Å². The van der Waals surface area contributed by atoms with E-state index in [9.17, 15) is 0 Å². The molecule has 0 aliphatic heterocycles. The fourth-order valence-corrected chi connectivity index (χ4v) is 2.30. The Morgan fingerprint density at radius 2 is 1.90 bits per heavy atom. The standard InChI is InChI=1S/C14H11N7/c15-13-17-9-18-21(13)14-19-11-8-16-7-6-12(11)20(14)10-4-2-1-3-5-10/h1-9H,(H2,15,17,18). The molecule has 0 spiro atoms. The molecule has 0 aliphatic carbocycles. The second kappa shape index (κ2) is 4.41. The Kier molecular flexibility index (Phi) is 2.43. The Morgan fingerprint density at radius 1 is 1.05 bits per heavy atom. The zero-order valence-corrected chi connectivity index (χ0v) is 11.0. The summed E-state index contributed by atoms with van der Waals surface area (Å²) in [4.78, 5) is 12.6. The lowest BCUT2D eigenvalue weighted by molar-refractivity contribution is 0.804. The lowest BCUT2D eigenvalue weighted by atomic mass is 10.3. The highest BCUT2D eigenvalue weighted by Crippen LogP contribution is 2.23. The quantitative estimate of drug-likeness (QED) is 0.601. The molecule has 0 saturated heterocycles. The number of fused-ring (bicyclic) bond motifs is 1. The number of aromatic nitrogens is 6. The summed E-state index contributed by atoms with van der Waals surface area (Å²) in [5.74, 6) is 0.870. The van der Waals surface area contributed by atoms with E-state index in [1.807, 2.05) is 41.0 Å². The first-order valence-corrected chi connectivity index (χ1v) is 6.38. The van der Waals surface area contributed by atoms with Gasteiger partial charge in [-0.2, -0.15) is 14.8 Å². The van der Waals surface area contributed by atoms with Crippen molar-refractivity contribution in [3.8, 4) is 11.6 Å². The summed E-state index contributed by atoms with van der Waals surface area (Å²) in [7, 11) is 0. The summed E-state index contributed by atoms with van der Waals surface area (Å²) in [6.07, 6.45) is 4.85. The number of nitrogens with two attached hydrogens (primary N) is 1. The largest absolute Gasteiger partial charge is 0.368 e. The molecule has 0 radical (unpaired) electrons. The number of para-hydroxylation sites is 1. The zero-order chi connectivity index (χ0) is 14.2. The van der Waals surface area contributed by atoms with Gasteiger partial charge in [-0.3, -0.25) is 9.55 Å². The van der Waals surface area contributed by atoms with Crippen molar-refractivity contribution in [2.24, 2.45) is 0 Å². The molecule has 102 valence electrons. The van der Waals surface area contributed by atoms with Gasteiger partial charge in [0.15, 0.2) is 0 Å². The van der Waals surface area contributed by atoms with Crippen LogP contribution in [0.2, 0.25) is 0 Å². The van der Waals surface area contributed by atoms with Crippen molar-refractivity contribution in [3.05, 3.63) is 55.1 Å². The second-order valence-electron chi connectivity index (χ2n) is 4.48. The molecule has 1 aromatic carbocycles. The van der Waals surface area contributed by atoms with Gasteiger partial charge in [0.2, 0.25) is 11.9 Å². The maximum Gasteiger partial charge on any atom is 0.239 e. The highest BCUT2D eigenvalue weighted by molar-refractivity contribution is 5.78. The summed E-state index contributed by atoms with van der Waals surface area (Å²) in [5.41, 5.74) is 8.53. The normalized spacial score (nSPS) is 11.0. The Morgan fingerprint density at radius 3 is 2.67 bits per heavy atom. The molecular weight excluding hydrogens is 266 g/mol. The molecule has 0 atom stereocenters. The van der Waals surface area contributed by atoms with Crippen molar-refractivity contribution < 1.29 is 0 Å². The van der Waals surface area contributed by atoms with E-state index in [2.05, 4.69) is 20.1 Å². The van der Waals surface area contributed by atoms with Crippen LogP contribution in [-0.2, 0) is 0 Å². The second-order valence-corrected chi connectivity index (χ2v) is 4.48. The van der Waals surface area contributed by atoms with Crippen LogP contribution in [0.25, 0.3) is 22.7 Å². The van der Waals surface area contributed by atoms with Crippen molar-refractivity contribution in [1.82, 2.24) is 29.3 Å². The van der Waals surface area contributed by atoms with Crippen LogP contribution < -0.4 is 5.73 Å². The number of rotatable bonds is 2. The van der Waals surface area contributed by atoms with E-state index in [0.717, 1.165) is 16.7 Å². The van der Waals surface area contributed by atoms with Crippen LogP contribution in [0.4, 0.5) is 5.95 Å². The first-order valence-electron chi connectivity index (χ1n) is 6.38. The summed E-state index contributed by atoms with van der Waals surface area (Å²) >= 11 is 0. The van der Waals surface area contributed by atoms with Crippen molar-refractivity contribution in [2.75, 3.05) is 5.73 Å². The zero-order valence-electron chi connectivity index (χ0n) is 11.0. The van der Waals surface area contributed by atoms with E-state index in [-0.39, 0.29) is 5.95 Å². The lowest BCUT2D eigenvalue weighted by Gasteiger charge is -2.09. The van der Waals surface area contributed by atoms with Gasteiger partial charge in [0.05, 0.1) is 11.7 Å². The van der Waals surface area contributed by atoms with Crippen LogP contribution in [0.3, 0.4) is 0 Å². The molecule has 4 rings (SSSR count). The van der Waals surface area contributed by atoms with Crippen molar-refractivity contribution in [3.63, 3.8) is 0 Å². The van der Waals surface area contributed by atoms with Crippen molar-refractivity contribution in [2.45, 2.75) is 0 Å². The minimum Gasteiger partial charge on any atom is -0.368 e. The maximum absolute atomic E-state index is 5.86. The van der Waals surface area contributed by atoms with E-state index >= 15 is 0 Å². The summed E-state index contributed by atoms with van der Waals surface area (Å²) in [6, 6.07) is 11.8. The summed E-state index contributed by atoms with van der Waals surface area (Å²) < 4.78 is 3.48. The van der Waals surface area contributed by atoms with Crippen LogP contribution in [0.1, 0.15) is 0 Å². The Bertz CT molecular complexity index is 907. The molecule has 3 heterocycles. The molecule has 4 aromatic rings. The van der Waals surface area contributed by atoms with Gasteiger partial charge in [0.1, 0.15) is 11.8 Å². The predicted octanol–water partition coefficient (Wildman–Crippen LogP) is 1.58.